The van der Waals surface area contributed by atoms with E-state index in [1.54, 1.807) is 16.9 Å². The fourth-order valence-electron chi connectivity index (χ4n) is 2.58. The van der Waals surface area contributed by atoms with Crippen LogP contribution in [-0.4, -0.2) is 38.2 Å². The number of carbonyl (C=O) groups is 1. The molecular weight excluding hydrogens is 264 g/mol. The lowest BCUT2D eigenvalue weighted by Crippen LogP contribution is -2.35. The highest BCUT2D eigenvalue weighted by Gasteiger charge is 2.37. The van der Waals surface area contributed by atoms with Gasteiger partial charge in [0.2, 0.25) is 0 Å². The first-order valence-electron chi connectivity index (χ1n) is 7.59. The largest absolute Gasteiger partial charge is 0.334 e. The minimum absolute atomic E-state index is 0.0680. The second-order valence-corrected chi connectivity index (χ2v) is 5.96. The van der Waals surface area contributed by atoms with Gasteiger partial charge in [-0.2, -0.15) is 5.10 Å². The van der Waals surface area contributed by atoms with Crippen molar-refractivity contribution in [3.63, 3.8) is 0 Å². The highest BCUT2D eigenvalue weighted by molar-refractivity contribution is 5.93. The number of pyridine rings is 1. The van der Waals surface area contributed by atoms with Crippen LogP contribution in [0.5, 0.6) is 0 Å². The van der Waals surface area contributed by atoms with Crippen molar-refractivity contribution in [3.05, 3.63) is 42.4 Å². The molecule has 2 aromatic rings. The van der Waals surface area contributed by atoms with E-state index < -0.39 is 0 Å². The third-order valence-corrected chi connectivity index (χ3v) is 4.09. The molecular formula is C16H18N4O. The summed E-state index contributed by atoms with van der Waals surface area (Å²) in [6.07, 6.45) is 8.34. The zero-order valence-corrected chi connectivity index (χ0v) is 11.9. The Morgan fingerprint density at radius 2 is 2.10 bits per heavy atom. The molecule has 0 radical (unpaired) electrons. The van der Waals surface area contributed by atoms with Crippen molar-refractivity contribution in [1.82, 2.24) is 19.7 Å². The van der Waals surface area contributed by atoms with Gasteiger partial charge in [-0.05, 0) is 49.8 Å². The van der Waals surface area contributed by atoms with Crippen LogP contribution in [0.1, 0.15) is 36.2 Å². The van der Waals surface area contributed by atoms with Gasteiger partial charge in [0, 0.05) is 25.0 Å². The maximum atomic E-state index is 12.7. The second-order valence-electron chi connectivity index (χ2n) is 5.96. The molecule has 108 valence electrons. The van der Waals surface area contributed by atoms with E-state index in [1.165, 1.54) is 12.8 Å². The summed E-state index contributed by atoms with van der Waals surface area (Å²) in [6, 6.07) is 7.83. The second kappa shape index (κ2) is 4.98. The van der Waals surface area contributed by atoms with Crippen LogP contribution >= 0.6 is 0 Å². The number of rotatable bonds is 5. The molecule has 2 saturated carbocycles. The van der Waals surface area contributed by atoms with Crippen molar-refractivity contribution >= 4 is 5.91 Å². The van der Waals surface area contributed by atoms with Crippen molar-refractivity contribution in [2.75, 3.05) is 6.54 Å². The average molecular weight is 282 g/mol. The van der Waals surface area contributed by atoms with Gasteiger partial charge < -0.3 is 4.90 Å². The summed E-state index contributed by atoms with van der Waals surface area (Å²) < 4.78 is 1.68. The monoisotopic (exact) mass is 282 g/mol. The summed E-state index contributed by atoms with van der Waals surface area (Å²) in [4.78, 5) is 19.3. The Morgan fingerprint density at radius 1 is 1.24 bits per heavy atom. The summed E-state index contributed by atoms with van der Waals surface area (Å²) >= 11 is 0. The van der Waals surface area contributed by atoms with Gasteiger partial charge in [0.25, 0.3) is 5.91 Å². The molecule has 0 N–H and O–H groups in total. The molecule has 2 heterocycles. The Balaban J connectivity index is 1.59. The molecule has 0 atom stereocenters. The van der Waals surface area contributed by atoms with Crippen molar-refractivity contribution in [1.29, 1.82) is 0 Å². The molecule has 2 aliphatic rings. The molecule has 5 heteroatoms. The third-order valence-electron chi connectivity index (χ3n) is 4.09. The number of hydrogen-bond donors (Lipinski definition) is 0. The molecule has 2 aromatic heterocycles. The quantitative estimate of drug-likeness (QED) is 0.845. The lowest BCUT2D eigenvalue weighted by atomic mass is 10.2. The number of aromatic nitrogens is 3. The SMILES string of the molecule is O=C(c1cccc(-n2cccn2)n1)N(CC1CC1)C1CC1. The van der Waals surface area contributed by atoms with Crippen LogP contribution in [0.2, 0.25) is 0 Å². The minimum atomic E-state index is 0.0680. The predicted octanol–water partition coefficient (Wildman–Crippen LogP) is 2.28. The van der Waals surface area contributed by atoms with E-state index in [-0.39, 0.29) is 5.91 Å². The van der Waals surface area contributed by atoms with Crippen molar-refractivity contribution in [3.8, 4) is 5.82 Å². The van der Waals surface area contributed by atoms with Crippen LogP contribution in [0.4, 0.5) is 0 Å². The molecule has 5 nitrogen and oxygen atoms in total. The van der Waals surface area contributed by atoms with Crippen molar-refractivity contribution < 1.29 is 4.79 Å². The molecule has 2 aliphatic carbocycles. The van der Waals surface area contributed by atoms with Gasteiger partial charge in [-0.15, -0.1) is 0 Å². The third kappa shape index (κ3) is 2.68. The zero-order chi connectivity index (χ0) is 14.2. The van der Waals surface area contributed by atoms with E-state index in [2.05, 4.69) is 10.1 Å². The number of hydrogen-bond acceptors (Lipinski definition) is 3. The highest BCUT2D eigenvalue weighted by Crippen LogP contribution is 2.35. The van der Waals surface area contributed by atoms with Crippen LogP contribution in [0.3, 0.4) is 0 Å². The smallest absolute Gasteiger partial charge is 0.272 e. The van der Waals surface area contributed by atoms with Crippen LogP contribution in [-0.2, 0) is 0 Å². The van der Waals surface area contributed by atoms with Gasteiger partial charge in [-0.25, -0.2) is 9.67 Å². The Morgan fingerprint density at radius 3 is 2.76 bits per heavy atom. The van der Waals surface area contributed by atoms with Crippen LogP contribution in [0.25, 0.3) is 5.82 Å². The Labute approximate surface area is 123 Å². The van der Waals surface area contributed by atoms with Gasteiger partial charge in [0.15, 0.2) is 5.82 Å². The standard InChI is InChI=1S/C16H18N4O/c21-16(19(13-7-8-13)11-12-5-6-12)14-3-1-4-15(18-14)20-10-2-9-17-20/h1-4,9-10,12-13H,5-8,11H2. The Kier molecular flexibility index (Phi) is 2.98. The maximum Gasteiger partial charge on any atom is 0.272 e. The van der Waals surface area contributed by atoms with Gasteiger partial charge in [0.1, 0.15) is 5.69 Å². The van der Waals surface area contributed by atoms with Crippen molar-refractivity contribution in [2.45, 2.75) is 31.7 Å². The summed E-state index contributed by atoms with van der Waals surface area (Å²) in [5.41, 5.74) is 0.524. The molecule has 4 rings (SSSR count). The Bertz CT molecular complexity index is 644. The summed E-state index contributed by atoms with van der Waals surface area (Å²) in [5, 5.41) is 4.17. The molecule has 0 bridgehead atoms. The summed E-state index contributed by atoms with van der Waals surface area (Å²) in [5.74, 6) is 1.47. The lowest BCUT2D eigenvalue weighted by molar-refractivity contribution is 0.0728. The first kappa shape index (κ1) is 12.6. The summed E-state index contributed by atoms with van der Waals surface area (Å²) in [7, 11) is 0. The number of nitrogens with zero attached hydrogens (tertiary/aromatic N) is 4. The molecule has 0 saturated heterocycles. The molecule has 21 heavy (non-hydrogen) atoms. The van der Waals surface area contributed by atoms with Crippen molar-refractivity contribution in [2.24, 2.45) is 5.92 Å². The zero-order valence-electron chi connectivity index (χ0n) is 11.9. The first-order valence-corrected chi connectivity index (χ1v) is 7.59. The number of amides is 1. The van der Waals surface area contributed by atoms with E-state index in [4.69, 9.17) is 0 Å². The molecule has 0 unspecified atom stereocenters. The highest BCUT2D eigenvalue weighted by atomic mass is 16.2. The van der Waals surface area contributed by atoms with E-state index in [0.717, 1.165) is 19.4 Å². The lowest BCUT2D eigenvalue weighted by Gasteiger charge is -2.22. The predicted molar refractivity (Wildman–Crippen MR) is 78.1 cm³/mol. The maximum absolute atomic E-state index is 12.7. The van der Waals surface area contributed by atoms with E-state index in [9.17, 15) is 4.79 Å². The normalized spacial score (nSPS) is 17.7. The van der Waals surface area contributed by atoms with Crippen LogP contribution in [0.15, 0.2) is 36.7 Å². The molecule has 0 aliphatic heterocycles. The van der Waals surface area contributed by atoms with E-state index in [1.807, 2.05) is 29.3 Å². The van der Waals surface area contributed by atoms with E-state index >= 15 is 0 Å². The number of carbonyl (C=O) groups excluding carboxylic acids is 1. The fourth-order valence-corrected chi connectivity index (χ4v) is 2.58. The first-order chi connectivity index (χ1) is 10.3. The van der Waals surface area contributed by atoms with Crippen LogP contribution in [0, 0.1) is 5.92 Å². The topological polar surface area (TPSA) is 51.0 Å². The molecule has 0 aromatic carbocycles. The van der Waals surface area contributed by atoms with Gasteiger partial charge in [-0.3, -0.25) is 4.79 Å². The van der Waals surface area contributed by atoms with Gasteiger partial charge in [0.05, 0.1) is 0 Å². The Hall–Kier alpha value is -2.17. The summed E-state index contributed by atoms with van der Waals surface area (Å²) in [6.45, 7) is 0.900. The van der Waals surface area contributed by atoms with Gasteiger partial charge >= 0.3 is 0 Å². The fraction of sp³-hybridized carbons (Fsp3) is 0.438. The molecule has 1 amide bonds. The molecule has 2 fully saturated rings. The van der Waals surface area contributed by atoms with Crippen LogP contribution < -0.4 is 0 Å². The molecule has 0 spiro atoms. The minimum Gasteiger partial charge on any atom is -0.334 e. The average Bonchev–Trinajstić information content (AvgIpc) is 3.44. The van der Waals surface area contributed by atoms with E-state index in [0.29, 0.717) is 23.5 Å². The van der Waals surface area contributed by atoms with Gasteiger partial charge in [-0.1, -0.05) is 6.07 Å².